The van der Waals surface area contributed by atoms with Gasteiger partial charge in [-0.15, -0.1) is 6.42 Å². The Morgan fingerprint density at radius 2 is 2.08 bits per heavy atom. The van der Waals surface area contributed by atoms with Crippen LogP contribution in [0.4, 0.5) is 0 Å². The number of hydrogen-bond donors (Lipinski definition) is 0. The Hall–Kier alpha value is -1.22. The smallest absolute Gasteiger partial charge is 0.0504 e. The summed E-state index contributed by atoms with van der Waals surface area (Å²) in [7, 11) is 0. The van der Waals surface area contributed by atoms with Gasteiger partial charge >= 0.3 is 0 Å². The van der Waals surface area contributed by atoms with Crippen LogP contribution in [0.5, 0.6) is 0 Å². The number of aryl methyl sites for hydroxylation is 1. The van der Waals surface area contributed by atoms with E-state index in [1.54, 1.807) is 0 Å². The molecule has 13 heavy (non-hydrogen) atoms. The first-order valence-electron chi connectivity index (χ1n) is 4.67. The molecule has 1 aromatic carbocycles. The van der Waals surface area contributed by atoms with Crippen molar-refractivity contribution in [2.45, 2.75) is 32.6 Å². The topological polar surface area (TPSA) is 0 Å². The zero-order valence-electron chi connectivity index (χ0n) is 8.59. The van der Waals surface area contributed by atoms with E-state index in [2.05, 4.69) is 51.0 Å². The maximum absolute atomic E-state index is 5.48. The van der Waals surface area contributed by atoms with Crippen LogP contribution in [-0.2, 0) is 11.8 Å². The van der Waals surface area contributed by atoms with Gasteiger partial charge in [0.05, 0.1) is 5.41 Å². The van der Waals surface area contributed by atoms with Crippen molar-refractivity contribution in [3.63, 3.8) is 0 Å². The van der Waals surface area contributed by atoms with Crippen LogP contribution in [0.25, 0.3) is 0 Å². The summed E-state index contributed by atoms with van der Waals surface area (Å²) in [5.41, 5.74) is 2.43. The van der Waals surface area contributed by atoms with E-state index in [9.17, 15) is 0 Å². The van der Waals surface area contributed by atoms with Gasteiger partial charge in [0.1, 0.15) is 0 Å². The molecule has 0 radical (unpaired) electrons. The highest BCUT2D eigenvalue weighted by molar-refractivity contribution is 5.34. The Balaban J connectivity index is 3.10. The molecule has 0 unspecified atom stereocenters. The van der Waals surface area contributed by atoms with Gasteiger partial charge in [0.15, 0.2) is 0 Å². The van der Waals surface area contributed by atoms with Crippen LogP contribution in [0.15, 0.2) is 24.3 Å². The van der Waals surface area contributed by atoms with E-state index < -0.39 is 0 Å². The Morgan fingerprint density at radius 1 is 1.38 bits per heavy atom. The minimum Gasteiger partial charge on any atom is -0.119 e. The summed E-state index contributed by atoms with van der Waals surface area (Å²) in [6.07, 6.45) is 6.54. The van der Waals surface area contributed by atoms with Crippen molar-refractivity contribution < 1.29 is 0 Å². The van der Waals surface area contributed by atoms with E-state index in [0.29, 0.717) is 0 Å². The molecule has 0 aliphatic carbocycles. The minimum atomic E-state index is -0.148. The summed E-state index contributed by atoms with van der Waals surface area (Å²) < 4.78 is 0. The van der Waals surface area contributed by atoms with E-state index in [1.165, 1.54) is 11.1 Å². The molecule has 0 heterocycles. The molecule has 0 nitrogen and oxygen atoms in total. The molecule has 0 spiro atoms. The normalized spacial score (nSPS) is 10.9. The van der Waals surface area contributed by atoms with E-state index in [1.807, 2.05) is 0 Å². The van der Waals surface area contributed by atoms with Gasteiger partial charge in [-0.25, -0.2) is 0 Å². The first kappa shape index (κ1) is 9.86. The predicted octanol–water partition coefficient (Wildman–Crippen LogP) is 3.16. The van der Waals surface area contributed by atoms with Crippen LogP contribution in [0.1, 0.15) is 31.9 Å². The molecular weight excluding hydrogens is 156 g/mol. The van der Waals surface area contributed by atoms with Gasteiger partial charge in [-0.05, 0) is 31.4 Å². The lowest BCUT2D eigenvalue weighted by molar-refractivity contribution is 0.697. The SMILES string of the molecule is C#CC(C)(C)c1cccc(CC)c1. The van der Waals surface area contributed by atoms with Crippen LogP contribution in [0, 0.1) is 12.3 Å². The van der Waals surface area contributed by atoms with Crippen molar-refractivity contribution in [2.24, 2.45) is 0 Å². The van der Waals surface area contributed by atoms with Gasteiger partial charge < -0.3 is 0 Å². The van der Waals surface area contributed by atoms with Gasteiger partial charge in [-0.2, -0.15) is 0 Å². The Bertz CT molecular complexity index is 326. The highest BCUT2D eigenvalue weighted by atomic mass is 14.2. The van der Waals surface area contributed by atoms with Gasteiger partial charge in [0.2, 0.25) is 0 Å². The molecule has 0 amide bonds. The second-order valence-corrected chi connectivity index (χ2v) is 3.82. The lowest BCUT2D eigenvalue weighted by atomic mass is 9.85. The van der Waals surface area contributed by atoms with Gasteiger partial charge in [0, 0.05) is 0 Å². The average molecular weight is 172 g/mol. The summed E-state index contributed by atoms with van der Waals surface area (Å²) in [6.45, 7) is 6.30. The Kier molecular flexibility index (Phi) is 2.78. The van der Waals surface area contributed by atoms with Crippen LogP contribution in [0.2, 0.25) is 0 Å². The van der Waals surface area contributed by atoms with Gasteiger partial charge in [-0.3, -0.25) is 0 Å². The number of rotatable bonds is 2. The van der Waals surface area contributed by atoms with Gasteiger partial charge in [-0.1, -0.05) is 37.1 Å². The summed E-state index contributed by atoms with van der Waals surface area (Å²) >= 11 is 0. The lowest BCUT2D eigenvalue weighted by Gasteiger charge is -2.18. The van der Waals surface area contributed by atoms with Crippen LogP contribution < -0.4 is 0 Å². The number of terminal acetylenes is 1. The molecule has 68 valence electrons. The van der Waals surface area contributed by atoms with Crippen molar-refractivity contribution in [1.29, 1.82) is 0 Å². The standard InChI is InChI=1S/C13H16/c1-5-11-8-7-9-12(10-11)13(3,4)6-2/h2,7-10H,5H2,1,3-4H3. The zero-order chi connectivity index (χ0) is 9.90. The molecule has 1 rings (SSSR count). The van der Waals surface area contributed by atoms with Crippen molar-refractivity contribution in [3.8, 4) is 12.3 Å². The van der Waals surface area contributed by atoms with Crippen molar-refractivity contribution in [1.82, 2.24) is 0 Å². The number of benzene rings is 1. The fourth-order valence-electron chi connectivity index (χ4n) is 1.26. The third-order valence-electron chi connectivity index (χ3n) is 2.42. The molecule has 0 aromatic heterocycles. The van der Waals surface area contributed by atoms with Crippen molar-refractivity contribution in [2.75, 3.05) is 0 Å². The monoisotopic (exact) mass is 172 g/mol. The molecule has 0 saturated carbocycles. The van der Waals surface area contributed by atoms with Crippen LogP contribution in [-0.4, -0.2) is 0 Å². The molecule has 0 fully saturated rings. The molecule has 0 heteroatoms. The predicted molar refractivity (Wildman–Crippen MR) is 57.7 cm³/mol. The quantitative estimate of drug-likeness (QED) is 0.601. The highest BCUT2D eigenvalue weighted by Gasteiger charge is 2.16. The third kappa shape index (κ3) is 2.12. The largest absolute Gasteiger partial charge is 0.119 e. The van der Waals surface area contributed by atoms with Crippen LogP contribution in [0.3, 0.4) is 0 Å². The van der Waals surface area contributed by atoms with E-state index in [-0.39, 0.29) is 5.41 Å². The molecule has 1 aromatic rings. The first-order chi connectivity index (χ1) is 6.10. The summed E-state index contributed by atoms with van der Waals surface area (Å²) in [5, 5.41) is 0. The maximum atomic E-state index is 5.48. The Labute approximate surface area is 81.0 Å². The Morgan fingerprint density at radius 3 is 2.62 bits per heavy atom. The molecule has 0 aliphatic heterocycles. The second-order valence-electron chi connectivity index (χ2n) is 3.82. The fraction of sp³-hybridized carbons (Fsp3) is 0.385. The summed E-state index contributed by atoms with van der Waals surface area (Å²) in [6, 6.07) is 8.50. The lowest BCUT2D eigenvalue weighted by Crippen LogP contribution is -2.13. The summed E-state index contributed by atoms with van der Waals surface area (Å²) in [4.78, 5) is 0. The minimum absolute atomic E-state index is 0.148. The molecule has 0 N–H and O–H groups in total. The molecule has 0 atom stereocenters. The maximum Gasteiger partial charge on any atom is 0.0504 e. The molecule has 0 bridgehead atoms. The number of hydrogen-bond acceptors (Lipinski definition) is 0. The molecule has 0 aliphatic rings. The fourth-order valence-corrected chi connectivity index (χ4v) is 1.26. The average Bonchev–Trinajstić information content (AvgIpc) is 2.18. The first-order valence-corrected chi connectivity index (χ1v) is 4.67. The molecular formula is C13H16. The van der Waals surface area contributed by atoms with E-state index in [4.69, 9.17) is 6.42 Å². The van der Waals surface area contributed by atoms with Crippen molar-refractivity contribution >= 4 is 0 Å². The van der Waals surface area contributed by atoms with Gasteiger partial charge in [0.25, 0.3) is 0 Å². The van der Waals surface area contributed by atoms with E-state index in [0.717, 1.165) is 6.42 Å². The zero-order valence-corrected chi connectivity index (χ0v) is 8.59. The van der Waals surface area contributed by atoms with Crippen molar-refractivity contribution in [3.05, 3.63) is 35.4 Å². The van der Waals surface area contributed by atoms with E-state index >= 15 is 0 Å². The summed E-state index contributed by atoms with van der Waals surface area (Å²) in [5.74, 6) is 2.81. The third-order valence-corrected chi connectivity index (χ3v) is 2.42. The highest BCUT2D eigenvalue weighted by Crippen LogP contribution is 2.22. The second kappa shape index (κ2) is 3.66. The molecule has 0 saturated heterocycles. The van der Waals surface area contributed by atoms with Crippen LogP contribution >= 0.6 is 0 Å².